The Morgan fingerprint density at radius 2 is 2.43 bits per heavy atom. The Kier molecular flexibility index (Phi) is 1.44. The van der Waals surface area contributed by atoms with Gasteiger partial charge in [-0.1, -0.05) is 0 Å². The van der Waals surface area contributed by atoms with Crippen LogP contribution in [0.1, 0.15) is 0 Å². The zero-order valence-electron chi connectivity index (χ0n) is 3.74. The first-order chi connectivity index (χ1) is 3.50. The number of allylic oxidation sites excluding steroid dienone is 2. The molecule has 1 aliphatic rings. The fraction of sp³-hybridized carbons (Fsp3) is 0. The second-order valence-corrected chi connectivity index (χ2v) is 1.07. The molecule has 2 nitrogen and oxygen atoms in total. The number of nitrogens with zero attached hydrogens (tertiary/aromatic N) is 1. The van der Waals surface area contributed by atoms with E-state index in [1.54, 1.807) is 19.1 Å². The van der Waals surface area contributed by atoms with Crippen LogP contribution < -0.4 is 0 Å². The molecule has 0 radical (unpaired) electrons. The quantitative estimate of drug-likeness (QED) is 0.406. The van der Waals surface area contributed by atoms with E-state index < -0.39 is 0 Å². The van der Waals surface area contributed by atoms with E-state index in [2.05, 4.69) is 9.90 Å². The molecule has 0 N–H and O–H groups in total. The molecule has 0 unspecified atom stereocenters. The molecule has 1 aliphatic heterocycles. The summed E-state index contributed by atoms with van der Waals surface area (Å²) in [5.41, 5.74) is 0. The molecule has 7 heavy (non-hydrogen) atoms. The Labute approximate surface area is 42.4 Å². The van der Waals surface area contributed by atoms with Gasteiger partial charge in [-0.05, 0) is 0 Å². The van der Waals surface area contributed by atoms with Gasteiger partial charge in [0.25, 0.3) is 0 Å². The Morgan fingerprint density at radius 1 is 1.43 bits per heavy atom. The third-order valence-electron chi connectivity index (χ3n) is 0.569. The molecule has 0 bridgehead atoms. The van der Waals surface area contributed by atoms with Crippen molar-refractivity contribution in [3.05, 3.63) is 24.4 Å². The Morgan fingerprint density at radius 3 is 3.43 bits per heavy atom. The van der Waals surface area contributed by atoms with Crippen molar-refractivity contribution in [1.82, 2.24) is 0 Å². The summed E-state index contributed by atoms with van der Waals surface area (Å²) < 4.78 is 0. The standard InChI is InChI=1S/C4H4BNO/c1-2-4-7-6-5-3-1/h1-4H. The van der Waals surface area contributed by atoms with Crippen LogP contribution in [0.2, 0.25) is 0 Å². The molecule has 0 aromatic rings. The van der Waals surface area contributed by atoms with Crippen molar-refractivity contribution in [2.45, 2.75) is 0 Å². The number of hydrogen-bond donors (Lipinski definition) is 0. The minimum atomic E-state index is 1.51. The topological polar surface area (TPSA) is 21.6 Å². The molecule has 0 saturated heterocycles. The third kappa shape index (κ3) is 1.35. The average Bonchev–Trinajstić information content (AvgIpc) is 1.90. The van der Waals surface area contributed by atoms with Crippen LogP contribution in [-0.4, -0.2) is 7.07 Å². The van der Waals surface area contributed by atoms with Gasteiger partial charge in [0.2, 0.25) is 0 Å². The first-order valence-corrected chi connectivity index (χ1v) is 2.01. The van der Waals surface area contributed by atoms with Crippen molar-refractivity contribution >= 4 is 7.07 Å². The summed E-state index contributed by atoms with van der Waals surface area (Å²) >= 11 is 0. The monoisotopic (exact) mass is 93.0 g/mol. The number of rotatable bonds is 0. The van der Waals surface area contributed by atoms with Crippen LogP contribution in [0.3, 0.4) is 0 Å². The molecule has 1 heterocycles. The Bertz CT molecular complexity index is 114. The zero-order valence-corrected chi connectivity index (χ0v) is 3.74. The van der Waals surface area contributed by atoms with E-state index in [-0.39, 0.29) is 0 Å². The van der Waals surface area contributed by atoms with Crippen LogP contribution in [0.4, 0.5) is 0 Å². The van der Waals surface area contributed by atoms with E-state index >= 15 is 0 Å². The van der Waals surface area contributed by atoms with E-state index in [0.717, 1.165) is 0 Å². The van der Waals surface area contributed by atoms with Crippen LogP contribution in [0.25, 0.3) is 0 Å². The molecule has 0 aliphatic carbocycles. The zero-order chi connectivity index (χ0) is 4.95. The fourth-order valence-electron chi connectivity index (χ4n) is 0.300. The van der Waals surface area contributed by atoms with Gasteiger partial charge in [0, 0.05) is 0 Å². The molecule has 0 aromatic heterocycles. The van der Waals surface area contributed by atoms with Crippen LogP contribution in [0, 0.1) is 0 Å². The van der Waals surface area contributed by atoms with Crippen molar-refractivity contribution in [3.63, 3.8) is 0 Å². The van der Waals surface area contributed by atoms with Crippen LogP contribution in [0.5, 0.6) is 0 Å². The van der Waals surface area contributed by atoms with E-state index in [1.165, 1.54) is 6.26 Å². The summed E-state index contributed by atoms with van der Waals surface area (Å²) in [6.07, 6.45) is 5.13. The second kappa shape index (κ2) is 2.34. The van der Waals surface area contributed by atoms with Gasteiger partial charge >= 0.3 is 41.4 Å². The summed E-state index contributed by atoms with van der Waals surface area (Å²) in [6.45, 7) is 0. The van der Waals surface area contributed by atoms with Gasteiger partial charge in [-0.2, -0.15) is 0 Å². The Hall–Kier alpha value is -0.855. The molecule has 0 spiro atoms. The molecule has 0 atom stereocenters. The van der Waals surface area contributed by atoms with E-state index in [9.17, 15) is 0 Å². The van der Waals surface area contributed by atoms with Crippen LogP contribution >= 0.6 is 0 Å². The molecule has 0 amide bonds. The van der Waals surface area contributed by atoms with E-state index in [4.69, 9.17) is 0 Å². The van der Waals surface area contributed by atoms with E-state index in [1.807, 2.05) is 6.08 Å². The first-order valence-electron chi connectivity index (χ1n) is 2.01. The predicted molar refractivity (Wildman–Crippen MR) is 27.5 cm³/mol. The summed E-state index contributed by atoms with van der Waals surface area (Å²) in [7, 11) is 1.58. The Balaban J connectivity index is 2.60. The fourth-order valence-corrected chi connectivity index (χ4v) is 0.300. The first kappa shape index (κ1) is 4.31. The molecule has 0 fully saturated rings. The van der Waals surface area contributed by atoms with Crippen LogP contribution in [-0.2, 0) is 4.84 Å². The SMILES string of the molecule is B1=NOC=CC=C1. The second-order valence-electron chi connectivity index (χ2n) is 1.07. The van der Waals surface area contributed by atoms with Gasteiger partial charge in [0.15, 0.2) is 0 Å². The van der Waals surface area contributed by atoms with Crippen molar-refractivity contribution in [2.24, 2.45) is 5.06 Å². The van der Waals surface area contributed by atoms with Gasteiger partial charge in [-0.15, -0.1) is 0 Å². The maximum atomic E-state index is 4.52. The number of hydrogen-bond acceptors (Lipinski definition) is 2. The molecule has 0 saturated carbocycles. The minimum absolute atomic E-state index is 1.51. The predicted octanol–water partition coefficient (Wildman–Crippen LogP) is 0.847. The van der Waals surface area contributed by atoms with Gasteiger partial charge < -0.3 is 0 Å². The van der Waals surface area contributed by atoms with E-state index in [0.29, 0.717) is 0 Å². The molecule has 3 heteroatoms. The average molecular weight is 92.9 g/mol. The summed E-state index contributed by atoms with van der Waals surface area (Å²) in [5, 5.41) is 3.47. The van der Waals surface area contributed by atoms with Gasteiger partial charge in [-0.3, -0.25) is 0 Å². The molecule has 0 aromatic carbocycles. The van der Waals surface area contributed by atoms with Crippen molar-refractivity contribution in [3.8, 4) is 0 Å². The third-order valence-corrected chi connectivity index (χ3v) is 0.569. The van der Waals surface area contributed by atoms with Gasteiger partial charge in [0.1, 0.15) is 0 Å². The van der Waals surface area contributed by atoms with Crippen molar-refractivity contribution < 1.29 is 4.84 Å². The van der Waals surface area contributed by atoms with Gasteiger partial charge in [-0.25, -0.2) is 0 Å². The van der Waals surface area contributed by atoms with Gasteiger partial charge in [0.05, 0.1) is 0 Å². The normalized spacial score (nSPS) is 14.9. The molecular formula is C4H4BNO. The molecular weight excluding hydrogens is 88.9 g/mol. The van der Waals surface area contributed by atoms with Crippen LogP contribution in [0.15, 0.2) is 29.4 Å². The molecule has 34 valence electrons. The van der Waals surface area contributed by atoms with Crippen molar-refractivity contribution in [2.75, 3.05) is 0 Å². The summed E-state index contributed by atoms with van der Waals surface area (Å²) in [6, 6.07) is 0. The molecule has 1 rings (SSSR count). The van der Waals surface area contributed by atoms with Crippen molar-refractivity contribution in [1.29, 1.82) is 0 Å². The summed E-state index contributed by atoms with van der Waals surface area (Å²) in [4.78, 5) is 4.52. The maximum absolute atomic E-state index is 4.52. The summed E-state index contributed by atoms with van der Waals surface area (Å²) in [5.74, 6) is 1.80.